The van der Waals surface area contributed by atoms with Crippen molar-refractivity contribution in [3.63, 3.8) is 0 Å². The Kier molecular flexibility index (Phi) is 3.79. The molecule has 2 atom stereocenters. The van der Waals surface area contributed by atoms with Gasteiger partial charge in [-0.15, -0.1) is 0 Å². The van der Waals surface area contributed by atoms with Crippen LogP contribution in [0.15, 0.2) is 40.9 Å². The highest BCUT2D eigenvalue weighted by Crippen LogP contribution is 2.43. The van der Waals surface area contributed by atoms with Gasteiger partial charge in [-0.3, -0.25) is 0 Å². The minimum Gasteiger partial charge on any atom is -0.485 e. The van der Waals surface area contributed by atoms with Crippen LogP contribution in [0.4, 0.5) is 0 Å². The lowest BCUT2D eigenvalue weighted by atomic mass is 9.87. The van der Waals surface area contributed by atoms with Gasteiger partial charge < -0.3 is 19.1 Å². The molecule has 0 radical (unpaired) electrons. The first-order valence-electron chi connectivity index (χ1n) is 8.02. The molecule has 2 aromatic carbocycles. The predicted octanol–water partition coefficient (Wildman–Crippen LogP) is 4.00. The number of benzene rings is 2. The van der Waals surface area contributed by atoms with Crippen molar-refractivity contribution >= 4 is 22.6 Å². The first-order valence-corrected chi connectivity index (χ1v) is 8.39. The minimum absolute atomic E-state index is 0.242. The summed E-state index contributed by atoms with van der Waals surface area (Å²) in [5.41, 5.74) is 0.638. The second kappa shape index (κ2) is 5.90. The molecule has 132 valence electrons. The van der Waals surface area contributed by atoms with Crippen molar-refractivity contribution in [3.05, 3.63) is 52.5 Å². The van der Waals surface area contributed by atoms with Gasteiger partial charge in [0.15, 0.2) is 11.7 Å². The number of halogens is 1. The number of rotatable bonds is 2. The van der Waals surface area contributed by atoms with Crippen LogP contribution in [-0.4, -0.2) is 22.0 Å². The smallest absolute Gasteiger partial charge is 0.262 e. The lowest BCUT2D eigenvalue weighted by molar-refractivity contribution is -0.104. The lowest BCUT2D eigenvalue weighted by Crippen LogP contribution is -2.50. The third-order valence-electron chi connectivity index (χ3n) is 4.46. The van der Waals surface area contributed by atoms with Crippen LogP contribution >= 0.6 is 11.6 Å². The molecule has 0 unspecified atom stereocenters. The van der Waals surface area contributed by atoms with Crippen molar-refractivity contribution < 1.29 is 19.1 Å². The molecule has 0 spiro atoms. The fourth-order valence-electron chi connectivity index (χ4n) is 3.03. The van der Waals surface area contributed by atoms with Crippen LogP contribution < -0.4 is 9.47 Å². The number of nitrogens with zero attached hydrogens (tertiary/aromatic N) is 2. The number of aliphatic hydroxyl groups is 1. The van der Waals surface area contributed by atoms with Crippen LogP contribution in [0, 0.1) is 11.3 Å². The van der Waals surface area contributed by atoms with E-state index in [1.165, 1.54) is 0 Å². The summed E-state index contributed by atoms with van der Waals surface area (Å²) in [6.07, 6.45) is -1.76. The van der Waals surface area contributed by atoms with Crippen LogP contribution in [0.5, 0.6) is 11.6 Å². The molecule has 2 heterocycles. The maximum absolute atomic E-state index is 10.8. The second-order valence-corrected chi connectivity index (χ2v) is 7.12. The predicted molar refractivity (Wildman–Crippen MR) is 94.3 cm³/mol. The molecular formula is C19H15ClN2O4. The molecule has 26 heavy (non-hydrogen) atoms. The van der Waals surface area contributed by atoms with Crippen molar-refractivity contribution in [2.24, 2.45) is 0 Å². The molecule has 6 nitrogen and oxygen atoms in total. The fraction of sp³-hybridized carbons (Fsp3) is 0.263. The Labute approximate surface area is 154 Å². The van der Waals surface area contributed by atoms with E-state index in [1.807, 2.05) is 0 Å². The third kappa shape index (κ3) is 2.66. The van der Waals surface area contributed by atoms with Gasteiger partial charge in [0.25, 0.3) is 5.88 Å². The number of aliphatic hydroxyl groups excluding tert-OH is 1. The molecule has 1 aliphatic heterocycles. The molecule has 1 aliphatic rings. The molecular weight excluding hydrogens is 356 g/mol. The van der Waals surface area contributed by atoms with Gasteiger partial charge in [0.05, 0.1) is 17.0 Å². The number of hydrogen-bond acceptors (Lipinski definition) is 6. The number of aromatic nitrogens is 1. The van der Waals surface area contributed by atoms with E-state index in [9.17, 15) is 10.4 Å². The Hall–Kier alpha value is -2.75. The van der Waals surface area contributed by atoms with Crippen LogP contribution in [0.1, 0.15) is 31.1 Å². The maximum Gasteiger partial charge on any atom is 0.262 e. The highest BCUT2D eigenvalue weighted by atomic mass is 35.5. The van der Waals surface area contributed by atoms with Gasteiger partial charge in [-0.1, -0.05) is 11.6 Å². The van der Waals surface area contributed by atoms with E-state index in [2.05, 4.69) is 11.2 Å². The highest BCUT2D eigenvalue weighted by Gasteiger charge is 2.45. The van der Waals surface area contributed by atoms with E-state index < -0.39 is 17.8 Å². The summed E-state index contributed by atoms with van der Waals surface area (Å²) in [6, 6.07) is 12.2. The van der Waals surface area contributed by atoms with Gasteiger partial charge >= 0.3 is 0 Å². The van der Waals surface area contributed by atoms with Gasteiger partial charge in [-0.05, 0) is 49.3 Å². The molecule has 1 N–H and O–H groups in total. The SMILES string of the molecule is CC1(C)Oc2ccc(C#N)cc2[C@@H](Oc2noc3cc(Cl)ccc23)[C@@H]1O. The first-order chi connectivity index (χ1) is 12.4. The van der Waals surface area contributed by atoms with Crippen LogP contribution in [-0.2, 0) is 0 Å². The Balaban J connectivity index is 1.80. The number of nitriles is 1. The van der Waals surface area contributed by atoms with Gasteiger partial charge in [0, 0.05) is 16.7 Å². The van der Waals surface area contributed by atoms with E-state index in [0.29, 0.717) is 32.9 Å². The van der Waals surface area contributed by atoms with Gasteiger partial charge in [-0.25, -0.2) is 0 Å². The summed E-state index contributed by atoms with van der Waals surface area (Å²) in [7, 11) is 0. The van der Waals surface area contributed by atoms with E-state index >= 15 is 0 Å². The average Bonchev–Trinajstić information content (AvgIpc) is 3.00. The maximum atomic E-state index is 10.8. The molecule has 3 aromatic rings. The molecule has 1 aromatic heterocycles. The van der Waals surface area contributed by atoms with Crippen LogP contribution in [0.2, 0.25) is 5.02 Å². The molecule has 0 fully saturated rings. The molecule has 0 bridgehead atoms. The van der Waals surface area contributed by atoms with Crippen molar-refractivity contribution in [2.75, 3.05) is 0 Å². The lowest BCUT2D eigenvalue weighted by Gasteiger charge is -2.41. The quantitative estimate of drug-likeness (QED) is 0.733. The Bertz CT molecular complexity index is 1040. The van der Waals surface area contributed by atoms with Crippen molar-refractivity contribution in [3.8, 4) is 17.7 Å². The number of fused-ring (bicyclic) bond motifs is 2. The Morgan fingerprint density at radius 1 is 1.27 bits per heavy atom. The molecule has 7 heteroatoms. The Morgan fingerprint density at radius 2 is 2.08 bits per heavy atom. The van der Waals surface area contributed by atoms with Gasteiger partial charge in [0.2, 0.25) is 0 Å². The largest absolute Gasteiger partial charge is 0.485 e. The zero-order valence-corrected chi connectivity index (χ0v) is 14.8. The van der Waals surface area contributed by atoms with E-state index in [1.54, 1.807) is 50.2 Å². The monoisotopic (exact) mass is 370 g/mol. The zero-order chi connectivity index (χ0) is 18.5. The van der Waals surface area contributed by atoms with E-state index in [0.717, 1.165) is 0 Å². The number of hydrogen-bond donors (Lipinski definition) is 1. The van der Waals surface area contributed by atoms with Crippen molar-refractivity contribution in [2.45, 2.75) is 31.7 Å². The molecule has 0 saturated carbocycles. The molecule has 0 aliphatic carbocycles. The average molecular weight is 371 g/mol. The summed E-state index contributed by atoms with van der Waals surface area (Å²) in [5.74, 6) is 0.798. The second-order valence-electron chi connectivity index (χ2n) is 6.68. The normalized spacial score (nSPS) is 20.9. The standard InChI is InChI=1S/C19H15ClN2O4/c1-19(2)17(23)16(13-7-10(9-21)3-6-14(13)25-19)24-18-12-5-4-11(20)8-15(12)26-22-18/h3-8,16-17,23H,1-2H3/t16-,17+/m1/s1. The highest BCUT2D eigenvalue weighted by molar-refractivity contribution is 6.31. The number of ether oxygens (including phenoxy) is 2. The molecule has 4 rings (SSSR count). The zero-order valence-electron chi connectivity index (χ0n) is 14.1. The van der Waals surface area contributed by atoms with Crippen LogP contribution in [0.25, 0.3) is 11.0 Å². The summed E-state index contributed by atoms with van der Waals surface area (Å²) in [6.45, 7) is 3.55. The minimum atomic E-state index is -0.983. The van der Waals surface area contributed by atoms with Gasteiger partial charge in [0.1, 0.15) is 17.5 Å². The summed E-state index contributed by atoms with van der Waals surface area (Å²) in [5, 5.41) is 25.1. The van der Waals surface area contributed by atoms with Crippen LogP contribution in [0.3, 0.4) is 0 Å². The molecule has 0 amide bonds. The van der Waals surface area contributed by atoms with Crippen molar-refractivity contribution in [1.29, 1.82) is 5.26 Å². The summed E-state index contributed by atoms with van der Waals surface area (Å²) in [4.78, 5) is 0. The van der Waals surface area contributed by atoms with E-state index in [-0.39, 0.29) is 5.88 Å². The van der Waals surface area contributed by atoms with E-state index in [4.69, 9.17) is 25.6 Å². The summed E-state index contributed by atoms with van der Waals surface area (Å²) < 4.78 is 17.2. The third-order valence-corrected chi connectivity index (χ3v) is 4.69. The Morgan fingerprint density at radius 3 is 2.85 bits per heavy atom. The summed E-state index contributed by atoms with van der Waals surface area (Å²) >= 11 is 5.96. The first kappa shape index (κ1) is 16.7. The molecule has 0 saturated heterocycles. The fourth-order valence-corrected chi connectivity index (χ4v) is 3.20. The van der Waals surface area contributed by atoms with Gasteiger partial charge in [-0.2, -0.15) is 5.26 Å². The topological polar surface area (TPSA) is 88.5 Å². The van der Waals surface area contributed by atoms with Crippen molar-refractivity contribution in [1.82, 2.24) is 5.16 Å².